The zero-order valence-corrected chi connectivity index (χ0v) is 8.50. The largest absolute Gasteiger partial charge is 0.397 e. The van der Waals surface area contributed by atoms with Gasteiger partial charge in [0, 0.05) is 6.54 Å². The van der Waals surface area contributed by atoms with Gasteiger partial charge in [-0.15, -0.1) is 11.8 Å². The van der Waals surface area contributed by atoms with E-state index in [0.29, 0.717) is 19.8 Å². The fourth-order valence-electron chi connectivity index (χ4n) is 1.00. The molecular formula is C7H12F3NO2S. The van der Waals surface area contributed by atoms with Crippen molar-refractivity contribution in [2.24, 2.45) is 0 Å². The molecule has 14 heavy (non-hydrogen) atoms. The van der Waals surface area contributed by atoms with Crippen LogP contribution >= 0.6 is 11.8 Å². The van der Waals surface area contributed by atoms with Crippen molar-refractivity contribution in [3.63, 3.8) is 0 Å². The Morgan fingerprint density at radius 2 is 2.14 bits per heavy atom. The molecule has 0 spiro atoms. The third-order valence-electron chi connectivity index (χ3n) is 1.81. The lowest BCUT2D eigenvalue weighted by molar-refractivity contribution is -0.106. The summed E-state index contributed by atoms with van der Waals surface area (Å²) >= 11 is 0.865. The van der Waals surface area contributed by atoms with Gasteiger partial charge in [0.05, 0.1) is 30.8 Å². The van der Waals surface area contributed by atoms with Gasteiger partial charge in [-0.05, 0) is 0 Å². The van der Waals surface area contributed by atoms with Crippen molar-refractivity contribution in [1.82, 2.24) is 5.48 Å². The molecule has 0 radical (unpaired) electrons. The molecule has 0 amide bonds. The van der Waals surface area contributed by atoms with Crippen LogP contribution < -0.4 is 5.48 Å². The summed E-state index contributed by atoms with van der Waals surface area (Å²) in [4.78, 5) is 4.61. The predicted molar refractivity (Wildman–Crippen MR) is 47.1 cm³/mol. The molecule has 3 nitrogen and oxygen atoms in total. The molecule has 0 aromatic heterocycles. The van der Waals surface area contributed by atoms with E-state index in [-0.39, 0.29) is 0 Å². The lowest BCUT2D eigenvalue weighted by Crippen LogP contribution is -2.54. The van der Waals surface area contributed by atoms with Crippen molar-refractivity contribution in [2.75, 3.05) is 32.6 Å². The normalized spacial score (nSPS) is 20.6. The van der Waals surface area contributed by atoms with Crippen LogP contribution in [0.15, 0.2) is 0 Å². The predicted octanol–water partition coefficient (Wildman–Crippen LogP) is 1.20. The third kappa shape index (κ3) is 3.64. The minimum atomic E-state index is -4.12. The molecule has 1 fully saturated rings. The zero-order chi connectivity index (χ0) is 10.7. The Bertz CT molecular complexity index is 184. The van der Waals surface area contributed by atoms with Gasteiger partial charge in [0.15, 0.2) is 0 Å². The first-order valence-electron chi connectivity index (χ1n) is 4.02. The van der Waals surface area contributed by atoms with E-state index in [2.05, 4.69) is 10.3 Å². The van der Waals surface area contributed by atoms with E-state index in [1.54, 1.807) is 0 Å². The molecule has 1 rings (SSSR count). The van der Waals surface area contributed by atoms with Crippen molar-refractivity contribution in [2.45, 2.75) is 10.9 Å². The lowest BCUT2D eigenvalue weighted by Gasteiger charge is -2.40. The first-order chi connectivity index (χ1) is 6.47. The molecule has 84 valence electrons. The minimum Gasteiger partial charge on any atom is -0.378 e. The molecule has 0 unspecified atom stereocenters. The summed E-state index contributed by atoms with van der Waals surface area (Å²) in [5.74, 6) is -0.845. The van der Waals surface area contributed by atoms with Crippen LogP contribution in [0.3, 0.4) is 0 Å². The maximum Gasteiger partial charge on any atom is 0.397 e. The summed E-state index contributed by atoms with van der Waals surface area (Å²) in [7, 11) is 1.43. The van der Waals surface area contributed by atoms with E-state index < -0.39 is 16.7 Å². The highest BCUT2D eigenvalue weighted by atomic mass is 32.2. The van der Waals surface area contributed by atoms with Gasteiger partial charge in [0.25, 0.3) is 0 Å². The second kappa shape index (κ2) is 4.69. The van der Waals surface area contributed by atoms with E-state index in [4.69, 9.17) is 4.74 Å². The summed E-state index contributed by atoms with van der Waals surface area (Å²) in [6.45, 7) is 1.04. The summed E-state index contributed by atoms with van der Waals surface area (Å²) in [6.07, 6.45) is -4.12. The Kier molecular flexibility index (Phi) is 4.05. The number of ether oxygens (including phenoxy) is 1. The highest BCUT2D eigenvalue weighted by Crippen LogP contribution is 2.36. The Hall–Kier alpha value is 0.0200. The number of alkyl halides is 3. The second-order valence-electron chi connectivity index (χ2n) is 3.10. The number of hydroxylamine groups is 1. The molecule has 1 heterocycles. The van der Waals surface area contributed by atoms with Gasteiger partial charge in [-0.25, -0.2) is 5.48 Å². The molecule has 1 saturated heterocycles. The molecule has 1 aliphatic rings. The molecule has 0 saturated carbocycles. The number of hydrogen-bond acceptors (Lipinski definition) is 4. The molecule has 0 bridgehead atoms. The number of rotatable bonds is 5. The van der Waals surface area contributed by atoms with Gasteiger partial charge in [0.2, 0.25) is 0 Å². The minimum absolute atomic E-state index is 0.337. The molecular weight excluding hydrogens is 219 g/mol. The number of hydrogen-bond donors (Lipinski definition) is 1. The van der Waals surface area contributed by atoms with E-state index in [9.17, 15) is 13.2 Å². The van der Waals surface area contributed by atoms with Gasteiger partial charge >= 0.3 is 6.18 Å². The van der Waals surface area contributed by atoms with Crippen LogP contribution in [0, 0.1) is 0 Å². The fraction of sp³-hybridized carbons (Fsp3) is 1.00. The quantitative estimate of drug-likeness (QED) is 0.720. The number of thioether (sulfide) groups is 1. The van der Waals surface area contributed by atoms with Crippen molar-refractivity contribution in [1.29, 1.82) is 0 Å². The summed E-state index contributed by atoms with van der Waals surface area (Å²) in [5.41, 5.74) is 2.56. The van der Waals surface area contributed by atoms with Crippen LogP contribution in [0.4, 0.5) is 13.2 Å². The fourth-order valence-corrected chi connectivity index (χ4v) is 1.97. The van der Waals surface area contributed by atoms with Crippen LogP contribution in [0.1, 0.15) is 0 Å². The van der Waals surface area contributed by atoms with Crippen molar-refractivity contribution in [3.05, 3.63) is 0 Å². The van der Waals surface area contributed by atoms with Crippen LogP contribution in [-0.2, 0) is 9.57 Å². The van der Waals surface area contributed by atoms with Gasteiger partial charge in [-0.2, -0.15) is 13.2 Å². The molecule has 1 N–H and O–H groups in total. The number of halogens is 3. The molecule has 0 aromatic carbocycles. The lowest BCUT2D eigenvalue weighted by atomic mass is 10.1. The average molecular weight is 231 g/mol. The Morgan fingerprint density at radius 3 is 2.50 bits per heavy atom. The molecule has 0 aromatic rings. The van der Waals surface area contributed by atoms with E-state index in [0.717, 1.165) is 11.8 Å². The molecule has 7 heteroatoms. The van der Waals surface area contributed by atoms with E-state index in [1.807, 2.05) is 0 Å². The van der Waals surface area contributed by atoms with Crippen LogP contribution in [0.2, 0.25) is 0 Å². The zero-order valence-electron chi connectivity index (χ0n) is 7.69. The van der Waals surface area contributed by atoms with Crippen molar-refractivity contribution < 1.29 is 22.7 Å². The van der Waals surface area contributed by atoms with Gasteiger partial charge in [-0.1, -0.05) is 0 Å². The number of nitrogens with one attached hydrogen (secondary N) is 1. The summed E-state index contributed by atoms with van der Waals surface area (Å²) in [5, 5.41) is 0. The monoisotopic (exact) mass is 231 g/mol. The Balaban J connectivity index is 2.30. The average Bonchev–Trinajstić information content (AvgIpc) is 2.00. The van der Waals surface area contributed by atoms with Crippen LogP contribution in [0.25, 0.3) is 0 Å². The van der Waals surface area contributed by atoms with E-state index >= 15 is 0 Å². The topological polar surface area (TPSA) is 30.5 Å². The standard InChI is InChI=1S/C7H12F3NO2S/c1-12-11-2-6(3-13-4-6)14-5-7(8,9)10/h11H,2-5H2,1H3. The van der Waals surface area contributed by atoms with E-state index in [1.165, 1.54) is 7.11 Å². The Labute approximate surface area is 84.3 Å². The smallest absolute Gasteiger partial charge is 0.378 e. The second-order valence-corrected chi connectivity index (χ2v) is 4.55. The summed E-state index contributed by atoms with van der Waals surface area (Å²) < 4.78 is 40.3. The van der Waals surface area contributed by atoms with Crippen LogP contribution in [-0.4, -0.2) is 43.5 Å². The maximum atomic E-state index is 12.0. The molecule has 1 aliphatic heterocycles. The van der Waals surface area contributed by atoms with Gasteiger partial charge in [-0.3, -0.25) is 0 Å². The highest BCUT2D eigenvalue weighted by Gasteiger charge is 2.42. The molecule has 0 aliphatic carbocycles. The molecule has 0 atom stereocenters. The van der Waals surface area contributed by atoms with Crippen molar-refractivity contribution >= 4 is 11.8 Å². The highest BCUT2D eigenvalue weighted by molar-refractivity contribution is 8.00. The maximum absolute atomic E-state index is 12.0. The third-order valence-corrected chi connectivity index (χ3v) is 3.27. The van der Waals surface area contributed by atoms with Crippen molar-refractivity contribution in [3.8, 4) is 0 Å². The van der Waals surface area contributed by atoms with Gasteiger partial charge in [0.1, 0.15) is 0 Å². The first-order valence-corrected chi connectivity index (χ1v) is 5.00. The SMILES string of the molecule is CONCC1(SCC(F)(F)F)COC1. The Morgan fingerprint density at radius 1 is 1.50 bits per heavy atom. The van der Waals surface area contributed by atoms with Gasteiger partial charge < -0.3 is 9.57 Å². The first kappa shape index (κ1) is 12.1. The summed E-state index contributed by atoms with van der Waals surface area (Å²) in [6, 6.07) is 0. The van der Waals surface area contributed by atoms with Crippen LogP contribution in [0.5, 0.6) is 0 Å².